The Morgan fingerprint density at radius 1 is 0.941 bits per heavy atom. The Morgan fingerprint density at radius 3 is 2.35 bits per heavy atom. The number of hydrogen-bond acceptors (Lipinski definition) is 4. The molecule has 7 heteroatoms. The first-order chi connectivity index (χ1) is 16.4. The monoisotopic (exact) mass is 467 g/mol. The van der Waals surface area contributed by atoms with Gasteiger partial charge < -0.3 is 9.80 Å². The van der Waals surface area contributed by atoms with Gasteiger partial charge in [0.05, 0.1) is 11.4 Å². The smallest absolute Gasteiger partial charge is 0.159 e. The van der Waals surface area contributed by atoms with Crippen LogP contribution in [0.15, 0.2) is 42.5 Å². The predicted molar refractivity (Wildman–Crippen MR) is 134 cm³/mol. The van der Waals surface area contributed by atoms with Crippen LogP contribution in [0.2, 0.25) is 0 Å². The summed E-state index contributed by atoms with van der Waals surface area (Å²) in [6, 6.07) is 12.6. The number of anilines is 1. The Labute approximate surface area is 201 Å². The van der Waals surface area contributed by atoms with E-state index in [0.717, 1.165) is 61.9 Å². The van der Waals surface area contributed by atoms with Crippen LogP contribution >= 0.6 is 0 Å². The van der Waals surface area contributed by atoms with Gasteiger partial charge in [-0.15, -0.1) is 0 Å². The zero-order chi connectivity index (χ0) is 24.2. The summed E-state index contributed by atoms with van der Waals surface area (Å²) in [6.07, 6.45) is 0.831. The molecule has 0 saturated carbocycles. The minimum atomic E-state index is -0.808. The van der Waals surface area contributed by atoms with Crippen LogP contribution in [-0.4, -0.2) is 59.4 Å². The van der Waals surface area contributed by atoms with Gasteiger partial charge in [0.1, 0.15) is 5.82 Å². The van der Waals surface area contributed by atoms with Crippen LogP contribution in [-0.2, 0) is 19.5 Å². The van der Waals surface area contributed by atoms with Crippen LogP contribution < -0.4 is 4.90 Å². The van der Waals surface area contributed by atoms with Crippen LogP contribution in [0.25, 0.3) is 5.69 Å². The molecule has 0 unspecified atom stereocenters. The Hall–Kier alpha value is -2.77. The van der Waals surface area contributed by atoms with Crippen molar-refractivity contribution in [3.05, 3.63) is 76.5 Å². The third kappa shape index (κ3) is 5.31. The molecule has 0 bridgehead atoms. The molecule has 1 aliphatic rings. The Balaban J connectivity index is 1.72. The number of halogens is 2. The van der Waals surface area contributed by atoms with Crippen molar-refractivity contribution >= 4 is 5.82 Å². The maximum atomic E-state index is 13.8. The molecule has 3 aromatic rings. The molecule has 5 nitrogen and oxygen atoms in total. The van der Waals surface area contributed by atoms with Crippen LogP contribution in [0, 0.1) is 18.6 Å². The molecule has 4 rings (SSSR count). The summed E-state index contributed by atoms with van der Waals surface area (Å²) in [7, 11) is 2.16. The van der Waals surface area contributed by atoms with E-state index in [1.807, 2.05) is 0 Å². The highest BCUT2D eigenvalue weighted by atomic mass is 19.2. The molecule has 2 heterocycles. The van der Waals surface area contributed by atoms with E-state index in [-0.39, 0.29) is 0 Å². The second-order valence-corrected chi connectivity index (χ2v) is 9.20. The molecule has 0 aliphatic carbocycles. The predicted octanol–water partition coefficient (Wildman–Crippen LogP) is 4.80. The van der Waals surface area contributed by atoms with E-state index in [1.54, 1.807) is 6.07 Å². The van der Waals surface area contributed by atoms with E-state index in [4.69, 9.17) is 5.10 Å². The van der Waals surface area contributed by atoms with Crippen molar-refractivity contribution in [3.8, 4) is 5.69 Å². The minimum Gasteiger partial charge on any atom is -0.354 e. The number of hydrogen-bond donors (Lipinski definition) is 0. The van der Waals surface area contributed by atoms with Gasteiger partial charge in [0.15, 0.2) is 11.6 Å². The maximum Gasteiger partial charge on any atom is 0.159 e. The largest absolute Gasteiger partial charge is 0.354 e. The van der Waals surface area contributed by atoms with Crippen molar-refractivity contribution in [1.82, 2.24) is 19.6 Å². The summed E-state index contributed by atoms with van der Waals surface area (Å²) in [4.78, 5) is 7.07. The zero-order valence-electron chi connectivity index (χ0n) is 20.7. The van der Waals surface area contributed by atoms with Crippen molar-refractivity contribution in [1.29, 1.82) is 0 Å². The van der Waals surface area contributed by atoms with Crippen molar-refractivity contribution in [2.24, 2.45) is 0 Å². The number of nitrogens with zero attached hydrogens (tertiary/aromatic N) is 5. The molecule has 0 N–H and O–H groups in total. The summed E-state index contributed by atoms with van der Waals surface area (Å²) in [5, 5.41) is 5.08. The Morgan fingerprint density at radius 2 is 1.71 bits per heavy atom. The fraction of sp³-hybridized carbons (Fsp3) is 0.444. The van der Waals surface area contributed by atoms with Gasteiger partial charge in [-0.05, 0) is 62.3 Å². The van der Waals surface area contributed by atoms with E-state index < -0.39 is 11.6 Å². The lowest BCUT2D eigenvalue weighted by Crippen LogP contribution is -2.45. The molecule has 1 aliphatic heterocycles. The number of aromatic nitrogens is 2. The summed E-state index contributed by atoms with van der Waals surface area (Å²) >= 11 is 0. The highest BCUT2D eigenvalue weighted by Gasteiger charge is 2.26. The lowest BCUT2D eigenvalue weighted by atomic mass is 10.1. The van der Waals surface area contributed by atoms with Gasteiger partial charge in [-0.3, -0.25) is 4.90 Å². The fourth-order valence-electron chi connectivity index (χ4n) is 4.61. The normalized spacial score (nSPS) is 14.9. The van der Waals surface area contributed by atoms with Crippen molar-refractivity contribution in [2.75, 3.05) is 44.7 Å². The first-order valence-electron chi connectivity index (χ1n) is 12.2. The summed E-state index contributed by atoms with van der Waals surface area (Å²) in [6.45, 7) is 12.3. The van der Waals surface area contributed by atoms with Crippen LogP contribution in [0.3, 0.4) is 0 Å². The Bertz CT molecular complexity index is 1120. The molecule has 0 spiro atoms. The van der Waals surface area contributed by atoms with E-state index in [0.29, 0.717) is 13.1 Å². The van der Waals surface area contributed by atoms with Crippen molar-refractivity contribution < 1.29 is 8.78 Å². The van der Waals surface area contributed by atoms with Gasteiger partial charge in [-0.1, -0.05) is 32.0 Å². The number of aryl methyl sites for hydroxylation is 2. The third-order valence-electron chi connectivity index (χ3n) is 6.64. The molecule has 182 valence electrons. The quantitative estimate of drug-likeness (QED) is 0.476. The zero-order valence-corrected chi connectivity index (χ0v) is 20.7. The average Bonchev–Trinajstić information content (AvgIpc) is 3.19. The molecule has 0 radical (unpaired) electrons. The van der Waals surface area contributed by atoms with Crippen molar-refractivity contribution in [2.45, 2.75) is 40.3 Å². The highest BCUT2D eigenvalue weighted by Crippen LogP contribution is 2.31. The summed E-state index contributed by atoms with van der Waals surface area (Å²) < 4.78 is 29.4. The van der Waals surface area contributed by atoms with Gasteiger partial charge in [-0.25, -0.2) is 13.5 Å². The molecule has 1 fully saturated rings. The minimum absolute atomic E-state index is 0.550. The van der Waals surface area contributed by atoms with Gasteiger partial charge in [0, 0.05) is 44.8 Å². The second-order valence-electron chi connectivity index (χ2n) is 9.20. The lowest BCUT2D eigenvalue weighted by molar-refractivity contribution is 0.269. The van der Waals surface area contributed by atoms with Gasteiger partial charge in [-0.2, -0.15) is 5.10 Å². The molecular weight excluding hydrogens is 432 g/mol. The van der Waals surface area contributed by atoms with Gasteiger partial charge in [0.2, 0.25) is 0 Å². The highest BCUT2D eigenvalue weighted by molar-refractivity contribution is 5.56. The first-order valence-corrected chi connectivity index (χ1v) is 12.2. The van der Waals surface area contributed by atoms with Gasteiger partial charge in [0.25, 0.3) is 0 Å². The van der Waals surface area contributed by atoms with E-state index in [9.17, 15) is 8.78 Å². The Kier molecular flexibility index (Phi) is 7.63. The second kappa shape index (κ2) is 10.7. The molecule has 1 saturated heterocycles. The molecule has 1 aromatic heterocycles. The number of rotatable bonds is 8. The first kappa shape index (κ1) is 24.4. The summed E-state index contributed by atoms with van der Waals surface area (Å²) in [5.74, 6) is -0.454. The number of piperazine rings is 1. The lowest BCUT2D eigenvalue weighted by Gasteiger charge is -2.35. The van der Waals surface area contributed by atoms with Crippen LogP contribution in [0.4, 0.5) is 14.6 Å². The standard InChI is InChI=1S/C27H35F2N5/c1-5-26-23(19-32(6-2)18-21-10-11-24(28)25(29)17-21)27(33-14-12-31(4)13-15-33)34(30-26)22-9-7-8-20(3)16-22/h7-11,16-17H,5-6,12-15,18-19H2,1-4H3. The third-order valence-corrected chi connectivity index (χ3v) is 6.64. The molecule has 0 atom stereocenters. The molecule has 34 heavy (non-hydrogen) atoms. The van der Waals surface area contributed by atoms with Gasteiger partial charge >= 0.3 is 0 Å². The summed E-state index contributed by atoms with van der Waals surface area (Å²) in [5.41, 5.74) is 5.34. The van der Waals surface area contributed by atoms with Crippen molar-refractivity contribution in [3.63, 3.8) is 0 Å². The van der Waals surface area contributed by atoms with E-state index in [1.165, 1.54) is 23.3 Å². The van der Waals surface area contributed by atoms with Crippen LogP contribution in [0.5, 0.6) is 0 Å². The topological polar surface area (TPSA) is 27.5 Å². The molecule has 2 aromatic carbocycles. The average molecular weight is 468 g/mol. The SMILES string of the molecule is CCc1nn(-c2cccc(C)c2)c(N2CCN(C)CC2)c1CN(CC)Cc1ccc(F)c(F)c1. The number of likely N-dealkylation sites (N-methyl/N-ethyl adjacent to an activating group) is 1. The van der Waals surface area contributed by atoms with Crippen LogP contribution in [0.1, 0.15) is 36.2 Å². The van der Waals surface area contributed by atoms with E-state index in [2.05, 4.69) is 71.5 Å². The fourth-order valence-corrected chi connectivity index (χ4v) is 4.61. The molecule has 0 amide bonds. The maximum absolute atomic E-state index is 13.8. The molecular formula is C27H35F2N5. The number of benzene rings is 2. The van der Waals surface area contributed by atoms with E-state index >= 15 is 0 Å².